The lowest BCUT2D eigenvalue weighted by molar-refractivity contribution is -0.142. The first-order valence-electron chi connectivity index (χ1n) is 7.64. The molecule has 0 amide bonds. The molecule has 0 aliphatic carbocycles. The molecule has 0 bridgehead atoms. The lowest BCUT2D eigenvalue weighted by Gasteiger charge is -2.19. The summed E-state index contributed by atoms with van der Waals surface area (Å²) in [4.78, 5) is 15.8. The molecule has 4 nitrogen and oxygen atoms in total. The van der Waals surface area contributed by atoms with Crippen LogP contribution in [0.2, 0.25) is 10.0 Å². The molecule has 0 radical (unpaired) electrons. The van der Waals surface area contributed by atoms with E-state index in [1.54, 1.807) is 18.2 Å². The van der Waals surface area contributed by atoms with Gasteiger partial charge in [-0.15, -0.1) is 0 Å². The zero-order valence-corrected chi connectivity index (χ0v) is 15.0. The molecule has 0 aliphatic rings. The maximum absolute atomic E-state index is 11.2. The third kappa shape index (κ3) is 3.61. The highest BCUT2D eigenvalue weighted by atomic mass is 35.5. The molecule has 3 rings (SSSR count). The minimum absolute atomic E-state index is 0.233. The zero-order valence-electron chi connectivity index (χ0n) is 13.5. The fraction of sp³-hybridized carbons (Fsp3) is 0.158. The Hall–Kier alpha value is -2.14. The van der Waals surface area contributed by atoms with Crippen molar-refractivity contribution in [3.8, 4) is 11.3 Å². The van der Waals surface area contributed by atoms with E-state index >= 15 is 0 Å². The number of carbonyl (C=O) groups is 1. The standard InChI is InChI=1S/C19H16Cl2N2O2/c1-19(22,18(24)25)10-11-5-7-15-12(9-11)6-8-16(23-15)17-13(20)3-2-4-14(17)21/h2-9H,10,22H2,1H3,(H,24,25). The van der Waals surface area contributed by atoms with E-state index in [4.69, 9.17) is 34.0 Å². The van der Waals surface area contributed by atoms with E-state index in [1.807, 2.05) is 30.3 Å². The van der Waals surface area contributed by atoms with Crippen molar-refractivity contribution in [3.05, 3.63) is 64.1 Å². The molecule has 1 aromatic heterocycles. The molecule has 0 aliphatic heterocycles. The number of aromatic nitrogens is 1. The molecule has 3 aromatic rings. The van der Waals surface area contributed by atoms with Gasteiger partial charge >= 0.3 is 5.97 Å². The van der Waals surface area contributed by atoms with Crippen LogP contribution in [0.15, 0.2) is 48.5 Å². The summed E-state index contributed by atoms with van der Waals surface area (Å²) >= 11 is 12.5. The predicted octanol–water partition coefficient (Wildman–Crippen LogP) is 4.55. The summed E-state index contributed by atoms with van der Waals surface area (Å²) in [6.07, 6.45) is 0.233. The van der Waals surface area contributed by atoms with Gasteiger partial charge in [0.2, 0.25) is 0 Å². The van der Waals surface area contributed by atoms with Gasteiger partial charge in [-0.25, -0.2) is 4.98 Å². The van der Waals surface area contributed by atoms with Gasteiger partial charge in [-0.3, -0.25) is 4.79 Å². The molecule has 0 saturated heterocycles. The Morgan fingerprint density at radius 2 is 1.84 bits per heavy atom. The van der Waals surface area contributed by atoms with Gasteiger partial charge in [0.15, 0.2) is 0 Å². The molecule has 25 heavy (non-hydrogen) atoms. The Morgan fingerprint density at radius 1 is 1.16 bits per heavy atom. The maximum Gasteiger partial charge on any atom is 0.323 e. The van der Waals surface area contributed by atoms with Crippen LogP contribution in [0.3, 0.4) is 0 Å². The lowest BCUT2D eigenvalue weighted by Crippen LogP contribution is -2.46. The van der Waals surface area contributed by atoms with Crippen molar-refractivity contribution in [2.75, 3.05) is 0 Å². The number of hydrogen-bond donors (Lipinski definition) is 2. The fourth-order valence-corrected chi connectivity index (χ4v) is 3.26. The Labute approximate surface area is 155 Å². The molecule has 1 atom stereocenters. The monoisotopic (exact) mass is 374 g/mol. The van der Waals surface area contributed by atoms with Gasteiger partial charge in [0, 0.05) is 17.4 Å². The third-order valence-corrected chi connectivity index (χ3v) is 4.66. The highest BCUT2D eigenvalue weighted by molar-refractivity contribution is 6.39. The summed E-state index contributed by atoms with van der Waals surface area (Å²) in [5.74, 6) is -1.03. The Balaban J connectivity index is 2.01. The van der Waals surface area contributed by atoms with Crippen LogP contribution in [0.25, 0.3) is 22.2 Å². The number of carboxylic acid groups (broad SMARTS) is 1. The Morgan fingerprint density at radius 3 is 2.48 bits per heavy atom. The highest BCUT2D eigenvalue weighted by Gasteiger charge is 2.28. The molecule has 1 heterocycles. The summed E-state index contributed by atoms with van der Waals surface area (Å²) in [6.45, 7) is 1.50. The normalized spacial score (nSPS) is 13.6. The van der Waals surface area contributed by atoms with Crippen LogP contribution >= 0.6 is 23.2 Å². The van der Waals surface area contributed by atoms with Crippen LogP contribution in [0.4, 0.5) is 0 Å². The van der Waals surface area contributed by atoms with E-state index in [9.17, 15) is 4.79 Å². The minimum Gasteiger partial charge on any atom is -0.480 e. The molecule has 128 valence electrons. The first-order valence-corrected chi connectivity index (χ1v) is 8.40. The van der Waals surface area contributed by atoms with Crippen molar-refractivity contribution in [1.29, 1.82) is 0 Å². The van der Waals surface area contributed by atoms with Gasteiger partial charge in [0.1, 0.15) is 5.54 Å². The van der Waals surface area contributed by atoms with Crippen LogP contribution in [0.5, 0.6) is 0 Å². The van der Waals surface area contributed by atoms with E-state index in [1.165, 1.54) is 6.92 Å². The lowest BCUT2D eigenvalue weighted by atomic mass is 9.93. The third-order valence-electron chi connectivity index (χ3n) is 4.03. The number of carboxylic acids is 1. The Bertz CT molecular complexity index is 951. The largest absolute Gasteiger partial charge is 0.480 e. The number of nitrogens with two attached hydrogens (primary N) is 1. The van der Waals surface area contributed by atoms with Crippen molar-refractivity contribution < 1.29 is 9.90 Å². The second kappa shape index (κ2) is 6.64. The second-order valence-corrected chi connectivity index (χ2v) is 7.03. The van der Waals surface area contributed by atoms with Crippen LogP contribution in [0, 0.1) is 0 Å². The maximum atomic E-state index is 11.2. The Kier molecular flexibility index (Phi) is 4.69. The van der Waals surface area contributed by atoms with Crippen molar-refractivity contribution in [3.63, 3.8) is 0 Å². The second-order valence-electron chi connectivity index (χ2n) is 6.22. The average Bonchev–Trinajstić information content (AvgIpc) is 2.54. The van der Waals surface area contributed by atoms with Gasteiger partial charge in [-0.05, 0) is 42.8 Å². The van der Waals surface area contributed by atoms with Crippen LogP contribution < -0.4 is 5.73 Å². The summed E-state index contributed by atoms with van der Waals surface area (Å²) in [5, 5.41) is 11.1. The van der Waals surface area contributed by atoms with Gasteiger partial charge in [-0.2, -0.15) is 0 Å². The molecule has 0 saturated carbocycles. The average molecular weight is 375 g/mol. The zero-order chi connectivity index (χ0) is 18.2. The number of halogens is 2. The van der Waals surface area contributed by atoms with E-state index in [0.717, 1.165) is 16.5 Å². The van der Waals surface area contributed by atoms with Crippen molar-refractivity contribution in [2.45, 2.75) is 18.9 Å². The number of benzene rings is 2. The fourth-order valence-electron chi connectivity index (χ4n) is 2.67. The molecule has 1 unspecified atom stereocenters. The van der Waals surface area contributed by atoms with Gasteiger partial charge < -0.3 is 10.8 Å². The number of pyridine rings is 1. The highest BCUT2D eigenvalue weighted by Crippen LogP contribution is 2.34. The first-order chi connectivity index (χ1) is 11.8. The number of nitrogens with zero attached hydrogens (tertiary/aromatic N) is 1. The van der Waals surface area contributed by atoms with Crippen LogP contribution in [-0.4, -0.2) is 21.6 Å². The van der Waals surface area contributed by atoms with E-state index in [2.05, 4.69) is 4.98 Å². The van der Waals surface area contributed by atoms with Gasteiger partial charge in [0.05, 0.1) is 21.3 Å². The van der Waals surface area contributed by atoms with Crippen LogP contribution in [0.1, 0.15) is 12.5 Å². The molecule has 0 spiro atoms. The summed E-state index contributed by atoms with van der Waals surface area (Å²) in [5.41, 5.74) is 7.50. The minimum atomic E-state index is -1.31. The summed E-state index contributed by atoms with van der Waals surface area (Å²) in [6, 6.07) is 14.7. The molecule has 0 fully saturated rings. The number of fused-ring (bicyclic) bond motifs is 1. The van der Waals surface area contributed by atoms with Crippen molar-refractivity contribution in [2.24, 2.45) is 5.73 Å². The quantitative estimate of drug-likeness (QED) is 0.701. The summed E-state index contributed by atoms with van der Waals surface area (Å²) < 4.78 is 0. The van der Waals surface area contributed by atoms with E-state index in [0.29, 0.717) is 21.3 Å². The smallest absolute Gasteiger partial charge is 0.323 e. The molecule has 6 heteroatoms. The van der Waals surface area contributed by atoms with Crippen molar-refractivity contribution in [1.82, 2.24) is 4.98 Å². The van der Waals surface area contributed by atoms with Gasteiger partial charge in [-0.1, -0.05) is 41.4 Å². The molecular formula is C19H16Cl2N2O2. The van der Waals surface area contributed by atoms with E-state index < -0.39 is 11.5 Å². The van der Waals surface area contributed by atoms with E-state index in [-0.39, 0.29) is 6.42 Å². The number of hydrogen-bond acceptors (Lipinski definition) is 3. The SMILES string of the molecule is CC(N)(Cc1ccc2nc(-c3c(Cl)cccc3Cl)ccc2c1)C(=O)O. The van der Waals surface area contributed by atoms with Gasteiger partial charge in [0.25, 0.3) is 0 Å². The topological polar surface area (TPSA) is 76.2 Å². The summed E-state index contributed by atoms with van der Waals surface area (Å²) in [7, 11) is 0. The molecule has 3 N–H and O–H groups in total. The first kappa shape index (κ1) is 17.7. The molecular weight excluding hydrogens is 359 g/mol. The molecule has 2 aromatic carbocycles. The van der Waals surface area contributed by atoms with Crippen LogP contribution in [-0.2, 0) is 11.2 Å². The number of aliphatic carboxylic acids is 1. The van der Waals surface area contributed by atoms with Crippen molar-refractivity contribution >= 4 is 40.1 Å². The predicted molar refractivity (Wildman–Crippen MR) is 101 cm³/mol. The number of rotatable bonds is 4.